The summed E-state index contributed by atoms with van der Waals surface area (Å²) in [5, 5.41) is 5.02. The number of imide groups is 1. The number of anilines is 2. The zero-order chi connectivity index (χ0) is 29.5. The molecule has 9 nitrogen and oxygen atoms in total. The van der Waals surface area contributed by atoms with E-state index in [9.17, 15) is 19.2 Å². The van der Waals surface area contributed by atoms with Gasteiger partial charge in [-0.1, -0.05) is 30.3 Å². The third-order valence-corrected chi connectivity index (χ3v) is 7.22. The highest BCUT2D eigenvalue weighted by Crippen LogP contribution is 2.34. The van der Waals surface area contributed by atoms with Crippen LogP contribution in [0.15, 0.2) is 65.6 Å². The van der Waals surface area contributed by atoms with Crippen LogP contribution in [0.3, 0.4) is 0 Å². The van der Waals surface area contributed by atoms with Crippen LogP contribution >= 0.6 is 11.8 Å². The van der Waals surface area contributed by atoms with Gasteiger partial charge >= 0.3 is 0 Å². The van der Waals surface area contributed by atoms with Crippen LogP contribution in [-0.2, 0) is 14.4 Å². The van der Waals surface area contributed by atoms with Crippen LogP contribution in [0.5, 0.6) is 11.5 Å². The molecule has 0 aromatic heterocycles. The predicted molar refractivity (Wildman–Crippen MR) is 160 cm³/mol. The summed E-state index contributed by atoms with van der Waals surface area (Å²) in [5.74, 6) is -0.594. The number of nitrogens with one attached hydrogen (secondary N) is 2. The summed E-state index contributed by atoms with van der Waals surface area (Å²) in [5.41, 5.74) is 4.97. The van der Waals surface area contributed by atoms with Crippen molar-refractivity contribution in [3.05, 3.63) is 87.8 Å². The second-order valence-corrected chi connectivity index (χ2v) is 10.4. The number of carbonyl (C=O) groups is 4. The second kappa shape index (κ2) is 13.2. The van der Waals surface area contributed by atoms with Crippen molar-refractivity contribution in [3.8, 4) is 11.5 Å². The molecule has 0 unspecified atom stereocenters. The molecule has 0 spiro atoms. The standard InChI is InChI=1S/C31H31N3O6S/c1-5-39-26-15-22(11-13-25(26)40-18-29(36)32-23-12-10-19(2)21(4)14-23)16-27-30(37)34(31(38)41-27)17-28(35)33-24-9-7-6-8-20(24)3/h6-16H,5,17-18H2,1-4H3,(H,32,36)(H,33,35)/b27-16+. The van der Waals surface area contributed by atoms with Crippen molar-refractivity contribution in [2.75, 3.05) is 30.4 Å². The first-order valence-corrected chi connectivity index (χ1v) is 13.8. The predicted octanol–water partition coefficient (Wildman–Crippen LogP) is 5.70. The summed E-state index contributed by atoms with van der Waals surface area (Å²) in [6, 6.07) is 17.9. The van der Waals surface area contributed by atoms with E-state index in [1.165, 1.54) is 0 Å². The average Bonchev–Trinajstić information content (AvgIpc) is 3.19. The third kappa shape index (κ3) is 7.55. The van der Waals surface area contributed by atoms with Gasteiger partial charge < -0.3 is 20.1 Å². The fourth-order valence-electron chi connectivity index (χ4n) is 4.00. The molecule has 0 aliphatic carbocycles. The van der Waals surface area contributed by atoms with Gasteiger partial charge in [-0.05, 0) is 98.1 Å². The number of carbonyl (C=O) groups excluding carboxylic acids is 4. The van der Waals surface area contributed by atoms with Gasteiger partial charge in [0.15, 0.2) is 18.1 Å². The molecule has 0 bridgehead atoms. The van der Waals surface area contributed by atoms with E-state index in [0.29, 0.717) is 35.0 Å². The van der Waals surface area contributed by atoms with Gasteiger partial charge in [-0.2, -0.15) is 0 Å². The summed E-state index contributed by atoms with van der Waals surface area (Å²) in [7, 11) is 0. The first-order chi connectivity index (χ1) is 19.6. The molecule has 1 heterocycles. The third-order valence-electron chi connectivity index (χ3n) is 6.31. The van der Waals surface area contributed by atoms with Gasteiger partial charge in [-0.25, -0.2) is 0 Å². The molecule has 10 heteroatoms. The van der Waals surface area contributed by atoms with Crippen LogP contribution in [-0.4, -0.2) is 47.6 Å². The van der Waals surface area contributed by atoms with Crippen molar-refractivity contribution >= 4 is 52.2 Å². The van der Waals surface area contributed by atoms with Gasteiger partial charge in [0.05, 0.1) is 11.5 Å². The molecular weight excluding hydrogens is 542 g/mol. The van der Waals surface area contributed by atoms with Gasteiger partial charge in [0.1, 0.15) is 6.54 Å². The maximum absolute atomic E-state index is 13.0. The maximum atomic E-state index is 13.0. The molecular formula is C31H31N3O6S. The first kappa shape index (κ1) is 29.4. The van der Waals surface area contributed by atoms with E-state index in [-0.39, 0.29) is 17.4 Å². The number of hydrogen-bond donors (Lipinski definition) is 2. The highest BCUT2D eigenvalue weighted by atomic mass is 32.2. The lowest BCUT2D eigenvalue weighted by molar-refractivity contribution is -0.127. The Hall–Kier alpha value is -4.57. The number of benzene rings is 3. The largest absolute Gasteiger partial charge is 0.490 e. The summed E-state index contributed by atoms with van der Waals surface area (Å²) < 4.78 is 11.4. The average molecular weight is 574 g/mol. The number of thioether (sulfide) groups is 1. The van der Waals surface area contributed by atoms with Crippen molar-refractivity contribution in [3.63, 3.8) is 0 Å². The van der Waals surface area contributed by atoms with E-state index in [1.54, 1.807) is 36.4 Å². The van der Waals surface area contributed by atoms with Gasteiger partial charge in [-0.15, -0.1) is 0 Å². The van der Waals surface area contributed by atoms with E-state index in [1.807, 2.05) is 58.0 Å². The van der Waals surface area contributed by atoms with E-state index < -0.39 is 23.6 Å². The fraction of sp³-hybridized carbons (Fsp3) is 0.226. The van der Waals surface area contributed by atoms with Crippen LogP contribution in [0, 0.1) is 20.8 Å². The van der Waals surface area contributed by atoms with Crippen molar-refractivity contribution in [1.82, 2.24) is 4.90 Å². The zero-order valence-corrected chi connectivity index (χ0v) is 24.1. The molecule has 2 N–H and O–H groups in total. The molecule has 41 heavy (non-hydrogen) atoms. The Kier molecular flexibility index (Phi) is 9.46. The van der Waals surface area contributed by atoms with Crippen LogP contribution in [0.2, 0.25) is 0 Å². The Morgan fingerprint density at radius 1 is 0.854 bits per heavy atom. The van der Waals surface area contributed by atoms with Crippen molar-refractivity contribution in [2.24, 2.45) is 0 Å². The molecule has 4 amide bonds. The minimum atomic E-state index is -0.554. The van der Waals surface area contributed by atoms with Crippen molar-refractivity contribution < 1.29 is 28.7 Å². The lowest BCUT2D eigenvalue weighted by atomic mass is 10.1. The molecule has 212 valence electrons. The molecule has 1 fully saturated rings. The van der Waals surface area contributed by atoms with Crippen LogP contribution < -0.4 is 20.1 Å². The number of ether oxygens (including phenoxy) is 2. The lowest BCUT2D eigenvalue weighted by Crippen LogP contribution is -2.36. The topological polar surface area (TPSA) is 114 Å². The minimum absolute atomic E-state index is 0.183. The summed E-state index contributed by atoms with van der Waals surface area (Å²) >= 11 is 0.762. The maximum Gasteiger partial charge on any atom is 0.294 e. The van der Waals surface area contributed by atoms with Crippen LogP contribution in [0.1, 0.15) is 29.2 Å². The quantitative estimate of drug-likeness (QED) is 0.299. The Balaban J connectivity index is 1.40. The highest BCUT2D eigenvalue weighted by Gasteiger charge is 2.36. The van der Waals surface area contributed by atoms with Crippen molar-refractivity contribution in [1.29, 1.82) is 0 Å². The van der Waals surface area contributed by atoms with E-state index in [0.717, 1.165) is 33.4 Å². The van der Waals surface area contributed by atoms with Gasteiger partial charge in [-0.3, -0.25) is 24.1 Å². The summed E-state index contributed by atoms with van der Waals surface area (Å²) in [6.07, 6.45) is 1.56. The Bertz CT molecular complexity index is 1530. The number of rotatable bonds is 10. The molecule has 0 saturated carbocycles. The fourth-order valence-corrected chi connectivity index (χ4v) is 4.83. The smallest absolute Gasteiger partial charge is 0.294 e. The minimum Gasteiger partial charge on any atom is -0.490 e. The molecule has 1 aliphatic heterocycles. The van der Waals surface area contributed by atoms with Crippen molar-refractivity contribution in [2.45, 2.75) is 27.7 Å². The summed E-state index contributed by atoms with van der Waals surface area (Å²) in [6.45, 7) is 7.37. The molecule has 1 saturated heterocycles. The lowest BCUT2D eigenvalue weighted by Gasteiger charge is -2.14. The first-order valence-electron chi connectivity index (χ1n) is 13.0. The highest BCUT2D eigenvalue weighted by molar-refractivity contribution is 8.18. The van der Waals surface area contributed by atoms with Gasteiger partial charge in [0, 0.05) is 11.4 Å². The number of aryl methyl sites for hydroxylation is 3. The molecule has 4 rings (SSSR count). The Morgan fingerprint density at radius 2 is 1.63 bits per heavy atom. The molecule has 0 radical (unpaired) electrons. The molecule has 3 aromatic carbocycles. The molecule has 1 aliphatic rings. The summed E-state index contributed by atoms with van der Waals surface area (Å²) in [4.78, 5) is 51.6. The number of hydrogen-bond acceptors (Lipinski definition) is 7. The van der Waals surface area contributed by atoms with E-state index in [4.69, 9.17) is 9.47 Å². The molecule has 0 atom stereocenters. The monoisotopic (exact) mass is 573 g/mol. The van der Waals surface area contributed by atoms with Gasteiger partial charge in [0.25, 0.3) is 17.1 Å². The Labute approximate surface area is 242 Å². The SMILES string of the molecule is CCOc1cc(/C=C2/SC(=O)N(CC(=O)Nc3ccccc3C)C2=O)ccc1OCC(=O)Nc1ccc(C)c(C)c1. The van der Waals surface area contributed by atoms with Crippen LogP contribution in [0.25, 0.3) is 6.08 Å². The number of para-hydroxylation sites is 1. The van der Waals surface area contributed by atoms with Crippen LogP contribution in [0.4, 0.5) is 16.2 Å². The van der Waals surface area contributed by atoms with E-state index in [2.05, 4.69) is 10.6 Å². The Morgan fingerprint density at radius 3 is 2.37 bits per heavy atom. The van der Waals surface area contributed by atoms with E-state index >= 15 is 0 Å². The number of amides is 4. The second-order valence-electron chi connectivity index (χ2n) is 9.41. The molecule has 3 aromatic rings. The number of nitrogens with zero attached hydrogens (tertiary/aromatic N) is 1. The van der Waals surface area contributed by atoms with Gasteiger partial charge in [0.2, 0.25) is 5.91 Å². The zero-order valence-electron chi connectivity index (χ0n) is 23.3. The normalized spacial score (nSPS) is 13.9.